The van der Waals surface area contributed by atoms with E-state index in [1.54, 1.807) is 19.1 Å². The minimum Gasteiger partial charge on any atom is -0.348 e. The second kappa shape index (κ2) is 7.95. The van der Waals surface area contributed by atoms with Crippen LogP contribution in [0.15, 0.2) is 42.5 Å². The van der Waals surface area contributed by atoms with Crippen LogP contribution in [0.3, 0.4) is 0 Å². The lowest BCUT2D eigenvalue weighted by Crippen LogP contribution is -2.48. The number of hydrogen-bond acceptors (Lipinski definition) is 3. The zero-order valence-corrected chi connectivity index (χ0v) is 17.7. The molecule has 0 saturated heterocycles. The van der Waals surface area contributed by atoms with Crippen LogP contribution in [0.5, 0.6) is 0 Å². The average Bonchev–Trinajstić information content (AvgIpc) is 3.10. The molecule has 0 saturated carbocycles. The van der Waals surface area contributed by atoms with Crippen molar-refractivity contribution in [2.24, 2.45) is 0 Å². The Morgan fingerprint density at radius 2 is 1.68 bits per heavy atom. The average molecular weight is 401 g/mol. The molecule has 2 aromatic carbocycles. The molecule has 1 aliphatic rings. The molecule has 28 heavy (non-hydrogen) atoms. The molecule has 0 unspecified atom stereocenters. The van der Waals surface area contributed by atoms with Gasteiger partial charge in [0, 0.05) is 0 Å². The fourth-order valence-electron chi connectivity index (χ4n) is 3.78. The van der Waals surface area contributed by atoms with E-state index in [1.165, 1.54) is 21.9 Å². The van der Waals surface area contributed by atoms with Crippen LogP contribution in [-0.2, 0) is 27.7 Å². The van der Waals surface area contributed by atoms with Gasteiger partial charge < -0.3 is 5.32 Å². The molecule has 0 radical (unpaired) electrons. The van der Waals surface area contributed by atoms with E-state index in [9.17, 15) is 13.2 Å². The van der Waals surface area contributed by atoms with E-state index < -0.39 is 16.1 Å². The van der Waals surface area contributed by atoms with Crippen molar-refractivity contribution < 1.29 is 13.2 Å². The molecule has 6 heteroatoms. The zero-order chi connectivity index (χ0) is 20.5. The van der Waals surface area contributed by atoms with Gasteiger partial charge in [0.05, 0.1) is 18.0 Å². The molecule has 1 aliphatic carbocycles. The van der Waals surface area contributed by atoms with Crippen LogP contribution in [0.4, 0.5) is 5.69 Å². The minimum atomic E-state index is -3.61. The second-order valence-corrected chi connectivity index (χ2v) is 9.54. The molecule has 3 rings (SSSR count). The lowest BCUT2D eigenvalue weighted by atomic mass is 10.0. The highest BCUT2D eigenvalue weighted by molar-refractivity contribution is 7.92. The largest absolute Gasteiger partial charge is 0.348 e. The summed E-state index contributed by atoms with van der Waals surface area (Å²) in [6, 6.07) is 12.4. The molecule has 2 aromatic rings. The first-order valence-corrected chi connectivity index (χ1v) is 11.5. The van der Waals surface area contributed by atoms with Gasteiger partial charge in [-0.25, -0.2) is 8.42 Å². The molecule has 5 nitrogen and oxygen atoms in total. The Morgan fingerprint density at radius 1 is 1.04 bits per heavy atom. The first-order chi connectivity index (χ1) is 13.2. The van der Waals surface area contributed by atoms with E-state index in [4.69, 9.17) is 0 Å². The number of nitrogens with zero attached hydrogens (tertiary/aromatic N) is 1. The Hall–Kier alpha value is -2.34. The number of amides is 1. The lowest BCUT2D eigenvalue weighted by molar-refractivity contribution is -0.122. The molecule has 1 N–H and O–H groups in total. The molecule has 0 aliphatic heterocycles. The van der Waals surface area contributed by atoms with Crippen molar-refractivity contribution in [1.82, 2.24) is 5.32 Å². The Kier molecular flexibility index (Phi) is 5.79. The summed E-state index contributed by atoms with van der Waals surface area (Å²) in [5.74, 6) is -0.320. The predicted molar refractivity (Wildman–Crippen MR) is 113 cm³/mol. The predicted octanol–water partition coefficient (Wildman–Crippen LogP) is 3.52. The summed E-state index contributed by atoms with van der Waals surface area (Å²) in [7, 11) is -3.61. The number of rotatable bonds is 6. The van der Waals surface area contributed by atoms with E-state index in [0.717, 1.165) is 30.2 Å². The Bertz CT molecular complexity index is 968. The molecule has 0 heterocycles. The van der Waals surface area contributed by atoms with Crippen molar-refractivity contribution in [3.8, 4) is 0 Å². The van der Waals surface area contributed by atoms with Gasteiger partial charge in [0.15, 0.2) is 0 Å². The van der Waals surface area contributed by atoms with Crippen molar-refractivity contribution in [1.29, 1.82) is 0 Å². The molecule has 0 aromatic heterocycles. The molecular formula is C22H28N2O3S. The van der Waals surface area contributed by atoms with Gasteiger partial charge in [-0.15, -0.1) is 0 Å². The fourth-order valence-corrected chi connectivity index (χ4v) is 4.95. The smallest absolute Gasteiger partial charge is 0.244 e. The number of benzene rings is 2. The van der Waals surface area contributed by atoms with Crippen molar-refractivity contribution in [3.05, 3.63) is 64.7 Å². The summed E-state index contributed by atoms with van der Waals surface area (Å²) < 4.78 is 26.0. The van der Waals surface area contributed by atoms with Gasteiger partial charge in [-0.1, -0.05) is 35.9 Å². The molecule has 0 bridgehead atoms. The zero-order valence-electron chi connectivity index (χ0n) is 16.9. The molecule has 0 fully saturated rings. The number of aryl methyl sites for hydroxylation is 3. The van der Waals surface area contributed by atoms with Crippen LogP contribution in [0.1, 0.15) is 48.6 Å². The Balaban J connectivity index is 1.78. The highest BCUT2D eigenvalue weighted by Crippen LogP contribution is 2.26. The monoisotopic (exact) mass is 400 g/mol. The molecule has 2 atom stereocenters. The van der Waals surface area contributed by atoms with Crippen molar-refractivity contribution in [3.63, 3.8) is 0 Å². The highest BCUT2D eigenvalue weighted by atomic mass is 32.2. The maximum Gasteiger partial charge on any atom is 0.244 e. The Morgan fingerprint density at radius 3 is 2.32 bits per heavy atom. The third kappa shape index (κ3) is 4.38. The van der Waals surface area contributed by atoms with Crippen LogP contribution >= 0.6 is 0 Å². The van der Waals surface area contributed by atoms with Crippen LogP contribution in [-0.4, -0.2) is 26.6 Å². The number of carbonyl (C=O) groups is 1. The van der Waals surface area contributed by atoms with Gasteiger partial charge in [0.2, 0.25) is 15.9 Å². The van der Waals surface area contributed by atoms with Crippen molar-refractivity contribution >= 4 is 21.6 Å². The van der Waals surface area contributed by atoms with E-state index in [0.29, 0.717) is 5.69 Å². The topological polar surface area (TPSA) is 66.5 Å². The van der Waals surface area contributed by atoms with Crippen LogP contribution in [0.2, 0.25) is 0 Å². The molecular weight excluding hydrogens is 372 g/mol. The van der Waals surface area contributed by atoms with E-state index in [2.05, 4.69) is 17.4 Å². The fraction of sp³-hybridized carbons (Fsp3) is 0.409. The number of anilines is 1. The summed E-state index contributed by atoms with van der Waals surface area (Å²) in [6.45, 7) is 5.48. The summed E-state index contributed by atoms with van der Waals surface area (Å²) in [5.41, 5.74) is 5.30. The number of fused-ring (bicyclic) bond motifs is 1. The van der Waals surface area contributed by atoms with Gasteiger partial charge in [0.25, 0.3) is 0 Å². The van der Waals surface area contributed by atoms with Gasteiger partial charge >= 0.3 is 0 Å². The summed E-state index contributed by atoms with van der Waals surface area (Å²) in [4.78, 5) is 12.9. The first kappa shape index (κ1) is 20.4. The van der Waals surface area contributed by atoms with E-state index in [-0.39, 0.29) is 11.9 Å². The van der Waals surface area contributed by atoms with Crippen LogP contribution in [0, 0.1) is 6.92 Å². The van der Waals surface area contributed by atoms with Gasteiger partial charge in [-0.05, 0) is 68.9 Å². The quantitative estimate of drug-likeness (QED) is 0.807. The second-order valence-electron chi connectivity index (χ2n) is 7.68. The highest BCUT2D eigenvalue weighted by Gasteiger charge is 2.30. The standard InChI is InChI=1S/C22H28N2O3S/c1-15-8-12-21(13-9-15)24(28(4,26)27)17(3)22(25)23-16(2)19-11-10-18-6-5-7-20(18)14-19/h8-14,16-17H,5-7H2,1-4H3,(H,23,25)/t16-,17+/m1/s1. The third-order valence-electron chi connectivity index (χ3n) is 5.36. The number of nitrogens with one attached hydrogen (secondary N) is 1. The normalized spacial score (nSPS) is 15.6. The summed E-state index contributed by atoms with van der Waals surface area (Å²) >= 11 is 0. The number of carbonyl (C=O) groups excluding carboxylic acids is 1. The van der Waals surface area contributed by atoms with Gasteiger partial charge in [-0.3, -0.25) is 9.10 Å². The van der Waals surface area contributed by atoms with E-state index >= 15 is 0 Å². The molecule has 150 valence electrons. The van der Waals surface area contributed by atoms with Gasteiger partial charge in [-0.2, -0.15) is 0 Å². The lowest BCUT2D eigenvalue weighted by Gasteiger charge is -2.29. The summed E-state index contributed by atoms with van der Waals surface area (Å²) in [6.07, 6.45) is 4.50. The minimum absolute atomic E-state index is 0.194. The third-order valence-corrected chi connectivity index (χ3v) is 6.60. The maximum absolute atomic E-state index is 12.9. The first-order valence-electron chi connectivity index (χ1n) is 9.65. The number of sulfonamides is 1. The van der Waals surface area contributed by atoms with Crippen molar-refractivity contribution in [2.45, 2.75) is 52.1 Å². The van der Waals surface area contributed by atoms with Crippen molar-refractivity contribution in [2.75, 3.05) is 10.6 Å². The Labute approximate surface area is 167 Å². The maximum atomic E-state index is 12.9. The van der Waals surface area contributed by atoms with Gasteiger partial charge in [0.1, 0.15) is 6.04 Å². The molecule has 0 spiro atoms. The number of hydrogen-bond donors (Lipinski definition) is 1. The summed E-state index contributed by atoms with van der Waals surface area (Å²) in [5, 5.41) is 2.98. The SMILES string of the molecule is Cc1ccc(N([C@@H](C)C(=O)N[C@H](C)c2ccc3c(c2)CCC3)S(C)(=O)=O)cc1. The molecule has 1 amide bonds. The van der Waals surface area contributed by atoms with Crippen LogP contribution in [0.25, 0.3) is 0 Å². The van der Waals surface area contributed by atoms with E-state index in [1.807, 2.05) is 32.0 Å². The van der Waals surface area contributed by atoms with Crippen LogP contribution < -0.4 is 9.62 Å².